The largest absolute Gasteiger partial charge is 0.480 e. The van der Waals surface area contributed by atoms with Crippen LogP contribution in [0.2, 0.25) is 0 Å². The Hall–Kier alpha value is -1.98. The van der Waals surface area contributed by atoms with Crippen LogP contribution in [0.4, 0.5) is 0 Å². The Morgan fingerprint density at radius 3 is 1.38 bits per heavy atom. The van der Waals surface area contributed by atoms with Gasteiger partial charge in [0.1, 0.15) is 0 Å². The van der Waals surface area contributed by atoms with Crippen LogP contribution in [-0.4, -0.2) is 33.8 Å². The zero-order valence-electron chi connectivity index (χ0n) is 9.91. The van der Waals surface area contributed by atoms with Gasteiger partial charge in [-0.05, 0) is 0 Å². The van der Waals surface area contributed by atoms with E-state index in [1.165, 1.54) is 0 Å². The van der Waals surface area contributed by atoms with Gasteiger partial charge in [0, 0.05) is 38.6 Å². The zero-order valence-corrected chi connectivity index (χ0v) is 9.91. The first-order valence-corrected chi connectivity index (χ1v) is 4.73. The van der Waals surface area contributed by atoms with Crippen molar-refractivity contribution in [3.05, 3.63) is 24.5 Å². The predicted molar refractivity (Wildman–Crippen MR) is 59.5 cm³/mol. The molecule has 2 heterocycles. The molecule has 0 radical (unpaired) electrons. The normalized spacial score (nSPS) is 9.25. The van der Waals surface area contributed by atoms with Gasteiger partial charge in [0.2, 0.25) is 11.8 Å². The molecule has 2 aromatic heterocycles. The Balaban J connectivity index is 0.000000160. The topological polar surface area (TPSA) is 54.1 Å². The predicted octanol–water partition coefficient (Wildman–Crippen LogP) is 0.857. The first kappa shape index (κ1) is 12.1. The van der Waals surface area contributed by atoms with Crippen LogP contribution in [0.25, 0.3) is 0 Å². The summed E-state index contributed by atoms with van der Waals surface area (Å²) in [5, 5.41) is 7.85. The standard InChI is InChI=1S/2C5H8N2O/c2*1-7-4-3-5(6-7)8-2/h2*3-4H,1-2H3. The highest BCUT2D eigenvalue weighted by Gasteiger charge is 1.90. The fourth-order valence-electron chi connectivity index (χ4n) is 1.01. The summed E-state index contributed by atoms with van der Waals surface area (Å²) in [7, 11) is 6.90. The summed E-state index contributed by atoms with van der Waals surface area (Å²) in [6.45, 7) is 0. The van der Waals surface area contributed by atoms with Gasteiger partial charge >= 0.3 is 0 Å². The summed E-state index contributed by atoms with van der Waals surface area (Å²) in [5.41, 5.74) is 0. The van der Waals surface area contributed by atoms with Crippen LogP contribution in [-0.2, 0) is 14.1 Å². The van der Waals surface area contributed by atoms with E-state index >= 15 is 0 Å². The van der Waals surface area contributed by atoms with Crippen molar-refractivity contribution in [1.29, 1.82) is 0 Å². The van der Waals surface area contributed by atoms with E-state index in [0.29, 0.717) is 11.8 Å². The second kappa shape index (κ2) is 5.79. The Bertz CT molecular complexity index is 382. The molecule has 0 atom stereocenters. The molecule has 0 saturated carbocycles. The molecule has 0 aliphatic heterocycles. The van der Waals surface area contributed by atoms with Crippen LogP contribution >= 0.6 is 0 Å². The fourth-order valence-corrected chi connectivity index (χ4v) is 1.01. The first-order chi connectivity index (χ1) is 7.65. The highest BCUT2D eigenvalue weighted by Crippen LogP contribution is 2.01. The van der Waals surface area contributed by atoms with E-state index in [4.69, 9.17) is 9.47 Å². The Morgan fingerprint density at radius 1 is 0.875 bits per heavy atom. The quantitative estimate of drug-likeness (QED) is 0.759. The van der Waals surface area contributed by atoms with Gasteiger partial charge in [0.05, 0.1) is 14.2 Å². The molecule has 88 valence electrons. The van der Waals surface area contributed by atoms with E-state index in [2.05, 4.69) is 10.2 Å². The summed E-state index contributed by atoms with van der Waals surface area (Å²) >= 11 is 0. The van der Waals surface area contributed by atoms with Gasteiger partial charge in [-0.15, -0.1) is 10.2 Å². The minimum Gasteiger partial charge on any atom is -0.480 e. The van der Waals surface area contributed by atoms with E-state index in [0.717, 1.165) is 0 Å². The molecule has 0 aromatic carbocycles. The number of nitrogens with zero attached hydrogens (tertiary/aromatic N) is 4. The molecule has 6 heteroatoms. The third kappa shape index (κ3) is 3.64. The van der Waals surface area contributed by atoms with Crippen LogP contribution in [0.1, 0.15) is 0 Å². The number of aryl methyl sites for hydroxylation is 2. The summed E-state index contributed by atoms with van der Waals surface area (Å²) in [6, 6.07) is 3.61. The molecule has 6 nitrogen and oxygen atoms in total. The Labute approximate surface area is 94.4 Å². The van der Waals surface area contributed by atoms with Crippen molar-refractivity contribution in [3.8, 4) is 11.8 Å². The van der Waals surface area contributed by atoms with Crippen LogP contribution in [0.5, 0.6) is 11.8 Å². The Morgan fingerprint density at radius 2 is 1.25 bits per heavy atom. The van der Waals surface area contributed by atoms with E-state index < -0.39 is 0 Å². The van der Waals surface area contributed by atoms with Gasteiger partial charge in [-0.1, -0.05) is 0 Å². The minimum atomic E-state index is 0.660. The molecule has 0 N–H and O–H groups in total. The maximum absolute atomic E-state index is 4.80. The molecule has 0 aliphatic rings. The summed E-state index contributed by atoms with van der Waals surface area (Å²) < 4.78 is 13.0. The maximum Gasteiger partial charge on any atom is 0.232 e. The van der Waals surface area contributed by atoms with Gasteiger partial charge < -0.3 is 9.47 Å². The molecule has 0 spiro atoms. The zero-order chi connectivity index (χ0) is 12.0. The highest BCUT2D eigenvalue weighted by atomic mass is 16.5. The average molecular weight is 224 g/mol. The van der Waals surface area contributed by atoms with E-state index in [9.17, 15) is 0 Å². The maximum atomic E-state index is 4.80. The smallest absolute Gasteiger partial charge is 0.232 e. The van der Waals surface area contributed by atoms with Gasteiger partial charge in [-0.3, -0.25) is 9.36 Å². The number of ether oxygens (including phenoxy) is 2. The summed E-state index contributed by atoms with van der Waals surface area (Å²) in [5.74, 6) is 1.32. The fraction of sp³-hybridized carbons (Fsp3) is 0.400. The lowest BCUT2D eigenvalue weighted by Gasteiger charge is -1.87. The second-order valence-corrected chi connectivity index (χ2v) is 3.06. The molecular formula is C10H16N4O2. The lowest BCUT2D eigenvalue weighted by atomic mass is 10.7. The van der Waals surface area contributed by atoms with Crippen LogP contribution in [0.15, 0.2) is 24.5 Å². The number of hydrogen-bond acceptors (Lipinski definition) is 4. The number of hydrogen-bond donors (Lipinski definition) is 0. The van der Waals surface area contributed by atoms with Crippen molar-refractivity contribution in [3.63, 3.8) is 0 Å². The molecule has 0 unspecified atom stereocenters. The lowest BCUT2D eigenvalue weighted by Crippen LogP contribution is -1.88. The Kier molecular flexibility index (Phi) is 4.38. The van der Waals surface area contributed by atoms with Crippen LogP contribution in [0, 0.1) is 0 Å². The van der Waals surface area contributed by atoms with Gasteiger partial charge in [-0.25, -0.2) is 0 Å². The average Bonchev–Trinajstić information content (AvgIpc) is 2.88. The molecule has 0 bridgehead atoms. The molecule has 2 aromatic rings. The monoisotopic (exact) mass is 224 g/mol. The lowest BCUT2D eigenvalue weighted by molar-refractivity contribution is 0.391. The van der Waals surface area contributed by atoms with E-state index in [-0.39, 0.29) is 0 Å². The first-order valence-electron chi connectivity index (χ1n) is 4.73. The van der Waals surface area contributed by atoms with Crippen LogP contribution in [0.3, 0.4) is 0 Å². The van der Waals surface area contributed by atoms with E-state index in [1.54, 1.807) is 35.7 Å². The molecule has 0 saturated heterocycles. The summed E-state index contributed by atoms with van der Waals surface area (Å²) in [4.78, 5) is 0. The van der Waals surface area contributed by atoms with Crippen molar-refractivity contribution >= 4 is 0 Å². The van der Waals surface area contributed by atoms with Crippen molar-refractivity contribution < 1.29 is 9.47 Å². The third-order valence-corrected chi connectivity index (χ3v) is 1.80. The number of rotatable bonds is 2. The SMILES string of the molecule is COc1ccn(C)n1.COc1ccn(C)n1. The van der Waals surface area contributed by atoms with Crippen LogP contribution < -0.4 is 9.47 Å². The second-order valence-electron chi connectivity index (χ2n) is 3.06. The summed E-state index contributed by atoms with van der Waals surface area (Å²) in [6.07, 6.45) is 3.66. The van der Waals surface area contributed by atoms with Gasteiger partial charge in [0.15, 0.2) is 0 Å². The van der Waals surface area contributed by atoms with Gasteiger partial charge in [0.25, 0.3) is 0 Å². The van der Waals surface area contributed by atoms with Crippen molar-refractivity contribution in [1.82, 2.24) is 19.6 Å². The van der Waals surface area contributed by atoms with Crippen molar-refractivity contribution in [2.75, 3.05) is 14.2 Å². The molecule has 0 aliphatic carbocycles. The third-order valence-electron chi connectivity index (χ3n) is 1.80. The van der Waals surface area contributed by atoms with Crippen molar-refractivity contribution in [2.24, 2.45) is 14.1 Å². The highest BCUT2D eigenvalue weighted by molar-refractivity contribution is 5.04. The van der Waals surface area contributed by atoms with Crippen molar-refractivity contribution in [2.45, 2.75) is 0 Å². The van der Waals surface area contributed by atoms with E-state index in [1.807, 2.05) is 26.5 Å². The molecular weight excluding hydrogens is 208 g/mol. The molecule has 0 fully saturated rings. The number of aromatic nitrogens is 4. The molecule has 16 heavy (non-hydrogen) atoms. The number of methoxy groups -OCH3 is 2. The molecule has 2 rings (SSSR count). The molecule has 0 amide bonds. The minimum absolute atomic E-state index is 0.660. The van der Waals surface area contributed by atoms with Gasteiger partial charge in [-0.2, -0.15) is 0 Å².